The molecule has 1 aromatic carbocycles. The van der Waals surface area contributed by atoms with Gasteiger partial charge in [-0.05, 0) is 37.4 Å². The first-order chi connectivity index (χ1) is 7.69. The van der Waals surface area contributed by atoms with Crippen LogP contribution >= 0.6 is 0 Å². The van der Waals surface area contributed by atoms with Crippen LogP contribution in [0.1, 0.15) is 24.0 Å². The van der Waals surface area contributed by atoms with Gasteiger partial charge in [-0.2, -0.15) is 5.26 Å². The van der Waals surface area contributed by atoms with Crippen molar-refractivity contribution in [1.29, 1.82) is 5.26 Å². The van der Waals surface area contributed by atoms with Crippen LogP contribution in [-0.2, 0) is 6.42 Å². The Balaban J connectivity index is 2.90. The SMILES string of the molecule is N#Cc1ccc([N+](=O)[O-])cc1CCCCN. The fourth-order valence-corrected chi connectivity index (χ4v) is 1.47. The molecule has 0 aliphatic heterocycles. The van der Waals surface area contributed by atoms with Gasteiger partial charge in [0, 0.05) is 12.1 Å². The van der Waals surface area contributed by atoms with E-state index in [2.05, 4.69) is 0 Å². The van der Waals surface area contributed by atoms with Crippen LogP contribution < -0.4 is 5.73 Å². The van der Waals surface area contributed by atoms with Crippen molar-refractivity contribution in [2.75, 3.05) is 6.54 Å². The first-order valence-corrected chi connectivity index (χ1v) is 5.06. The molecule has 0 aliphatic carbocycles. The fourth-order valence-electron chi connectivity index (χ4n) is 1.47. The maximum Gasteiger partial charge on any atom is 0.269 e. The first-order valence-electron chi connectivity index (χ1n) is 5.06. The van der Waals surface area contributed by atoms with Gasteiger partial charge in [0.1, 0.15) is 0 Å². The van der Waals surface area contributed by atoms with E-state index in [1.165, 1.54) is 18.2 Å². The summed E-state index contributed by atoms with van der Waals surface area (Å²) in [6, 6.07) is 6.35. The Hall–Kier alpha value is -1.93. The van der Waals surface area contributed by atoms with Gasteiger partial charge in [-0.1, -0.05) is 0 Å². The van der Waals surface area contributed by atoms with Crippen LogP contribution in [0.25, 0.3) is 0 Å². The predicted octanol–water partition coefficient (Wildman–Crippen LogP) is 1.75. The Morgan fingerprint density at radius 1 is 1.44 bits per heavy atom. The number of hydrogen-bond acceptors (Lipinski definition) is 4. The average molecular weight is 219 g/mol. The zero-order chi connectivity index (χ0) is 12.0. The molecule has 0 atom stereocenters. The van der Waals surface area contributed by atoms with Crippen molar-refractivity contribution in [3.63, 3.8) is 0 Å². The molecule has 0 radical (unpaired) electrons. The summed E-state index contributed by atoms with van der Waals surface area (Å²) in [7, 11) is 0. The summed E-state index contributed by atoms with van der Waals surface area (Å²) < 4.78 is 0. The normalized spacial score (nSPS) is 9.75. The van der Waals surface area contributed by atoms with E-state index in [0.29, 0.717) is 18.5 Å². The van der Waals surface area contributed by atoms with Crippen molar-refractivity contribution in [2.45, 2.75) is 19.3 Å². The van der Waals surface area contributed by atoms with Gasteiger partial charge in [0.15, 0.2) is 0 Å². The van der Waals surface area contributed by atoms with Crippen molar-refractivity contribution in [1.82, 2.24) is 0 Å². The van der Waals surface area contributed by atoms with Gasteiger partial charge in [-0.15, -0.1) is 0 Å². The van der Waals surface area contributed by atoms with E-state index in [9.17, 15) is 10.1 Å². The maximum absolute atomic E-state index is 10.6. The lowest BCUT2D eigenvalue weighted by Gasteiger charge is -2.03. The maximum atomic E-state index is 10.6. The van der Waals surface area contributed by atoms with Gasteiger partial charge in [-0.3, -0.25) is 10.1 Å². The number of non-ortho nitro benzene ring substituents is 1. The Morgan fingerprint density at radius 3 is 2.75 bits per heavy atom. The number of nitro benzene ring substituents is 1. The van der Waals surface area contributed by atoms with Crippen molar-refractivity contribution in [3.05, 3.63) is 39.4 Å². The monoisotopic (exact) mass is 219 g/mol. The minimum Gasteiger partial charge on any atom is -0.330 e. The number of nitriles is 1. The quantitative estimate of drug-likeness (QED) is 0.463. The summed E-state index contributed by atoms with van der Waals surface area (Å²) in [5.74, 6) is 0. The zero-order valence-corrected chi connectivity index (χ0v) is 8.85. The van der Waals surface area contributed by atoms with Gasteiger partial charge in [0.2, 0.25) is 0 Å². The number of hydrogen-bond donors (Lipinski definition) is 1. The molecule has 1 rings (SSSR count). The molecule has 0 aliphatic rings. The third-order valence-corrected chi connectivity index (χ3v) is 2.32. The van der Waals surface area contributed by atoms with Crippen LogP contribution in [0, 0.1) is 21.4 Å². The van der Waals surface area contributed by atoms with Gasteiger partial charge in [-0.25, -0.2) is 0 Å². The zero-order valence-electron chi connectivity index (χ0n) is 8.85. The average Bonchev–Trinajstić information content (AvgIpc) is 2.29. The van der Waals surface area contributed by atoms with E-state index >= 15 is 0 Å². The molecule has 0 bridgehead atoms. The number of nitro groups is 1. The third-order valence-electron chi connectivity index (χ3n) is 2.32. The number of benzene rings is 1. The second-order valence-electron chi connectivity index (χ2n) is 3.46. The van der Waals surface area contributed by atoms with E-state index < -0.39 is 4.92 Å². The number of nitrogens with zero attached hydrogens (tertiary/aromatic N) is 2. The molecule has 5 nitrogen and oxygen atoms in total. The van der Waals surface area contributed by atoms with E-state index in [-0.39, 0.29) is 5.69 Å². The van der Waals surface area contributed by atoms with Crippen molar-refractivity contribution >= 4 is 5.69 Å². The van der Waals surface area contributed by atoms with Crippen LogP contribution in [-0.4, -0.2) is 11.5 Å². The lowest BCUT2D eigenvalue weighted by Crippen LogP contribution is -2.00. The van der Waals surface area contributed by atoms with Crippen LogP contribution in [0.15, 0.2) is 18.2 Å². The smallest absolute Gasteiger partial charge is 0.269 e. The summed E-state index contributed by atoms with van der Waals surface area (Å²) in [6.07, 6.45) is 2.35. The van der Waals surface area contributed by atoms with Gasteiger partial charge < -0.3 is 5.73 Å². The molecule has 2 N–H and O–H groups in total. The highest BCUT2D eigenvalue weighted by atomic mass is 16.6. The molecule has 0 saturated heterocycles. The Kier molecular flexibility index (Phi) is 4.42. The highest BCUT2D eigenvalue weighted by molar-refractivity contribution is 5.45. The molecule has 0 saturated carbocycles. The predicted molar refractivity (Wildman–Crippen MR) is 59.8 cm³/mol. The topological polar surface area (TPSA) is 92.9 Å². The molecular weight excluding hydrogens is 206 g/mol. The van der Waals surface area contributed by atoms with Crippen molar-refractivity contribution in [2.24, 2.45) is 5.73 Å². The summed E-state index contributed by atoms with van der Waals surface area (Å²) in [5, 5.41) is 19.4. The third kappa shape index (κ3) is 3.04. The molecule has 16 heavy (non-hydrogen) atoms. The standard InChI is InChI=1S/C11H13N3O2/c12-6-2-1-3-9-7-11(14(15)16)5-4-10(9)8-13/h4-5,7H,1-3,6,12H2. The van der Waals surface area contributed by atoms with Gasteiger partial charge in [0.25, 0.3) is 5.69 Å². The number of unbranched alkanes of at least 4 members (excludes halogenated alkanes) is 1. The van der Waals surface area contributed by atoms with Crippen LogP contribution in [0.5, 0.6) is 0 Å². The lowest BCUT2D eigenvalue weighted by atomic mass is 10.0. The molecule has 0 spiro atoms. The Morgan fingerprint density at radius 2 is 2.19 bits per heavy atom. The van der Waals surface area contributed by atoms with E-state index in [0.717, 1.165) is 18.4 Å². The Bertz CT molecular complexity index is 424. The second kappa shape index (κ2) is 5.83. The summed E-state index contributed by atoms with van der Waals surface area (Å²) >= 11 is 0. The summed E-state index contributed by atoms with van der Waals surface area (Å²) in [6.45, 7) is 0.594. The summed E-state index contributed by atoms with van der Waals surface area (Å²) in [5.41, 5.74) is 6.63. The molecule has 0 fully saturated rings. The van der Waals surface area contributed by atoms with Gasteiger partial charge >= 0.3 is 0 Å². The molecule has 5 heteroatoms. The summed E-state index contributed by atoms with van der Waals surface area (Å²) in [4.78, 5) is 10.1. The minimum atomic E-state index is -0.451. The highest BCUT2D eigenvalue weighted by Crippen LogP contribution is 2.19. The number of rotatable bonds is 5. The van der Waals surface area contributed by atoms with Crippen molar-refractivity contribution in [3.8, 4) is 6.07 Å². The van der Waals surface area contributed by atoms with E-state index in [1.54, 1.807) is 0 Å². The first kappa shape index (κ1) is 12.1. The van der Waals surface area contributed by atoms with E-state index in [1.807, 2.05) is 6.07 Å². The number of aryl methyl sites for hydroxylation is 1. The highest BCUT2D eigenvalue weighted by Gasteiger charge is 2.10. The Labute approximate surface area is 93.6 Å². The van der Waals surface area contributed by atoms with Crippen molar-refractivity contribution < 1.29 is 4.92 Å². The molecule has 0 unspecified atom stereocenters. The molecule has 1 aromatic rings. The van der Waals surface area contributed by atoms with E-state index in [4.69, 9.17) is 11.0 Å². The second-order valence-corrected chi connectivity index (χ2v) is 3.46. The largest absolute Gasteiger partial charge is 0.330 e. The molecule has 0 heterocycles. The molecule has 84 valence electrons. The van der Waals surface area contributed by atoms with Crippen LogP contribution in [0.2, 0.25) is 0 Å². The van der Waals surface area contributed by atoms with Crippen LogP contribution in [0.3, 0.4) is 0 Å². The molecular formula is C11H13N3O2. The molecule has 0 amide bonds. The van der Waals surface area contributed by atoms with Crippen LogP contribution in [0.4, 0.5) is 5.69 Å². The number of nitrogens with two attached hydrogens (primary N) is 1. The lowest BCUT2D eigenvalue weighted by molar-refractivity contribution is -0.384. The fraction of sp³-hybridized carbons (Fsp3) is 0.364. The molecule has 0 aromatic heterocycles. The van der Waals surface area contributed by atoms with Gasteiger partial charge in [0.05, 0.1) is 16.6 Å². The minimum absolute atomic E-state index is 0.0294.